The molecule has 0 spiro atoms. The lowest BCUT2D eigenvalue weighted by Crippen LogP contribution is -2.54. The summed E-state index contributed by atoms with van der Waals surface area (Å²) >= 11 is 0. The van der Waals surface area contributed by atoms with Gasteiger partial charge in [0, 0.05) is 13.3 Å². The van der Waals surface area contributed by atoms with E-state index in [4.69, 9.17) is 11.0 Å². The Morgan fingerprint density at radius 2 is 1.81 bits per heavy atom. The van der Waals surface area contributed by atoms with Crippen LogP contribution in [-0.4, -0.2) is 29.8 Å². The molecule has 0 aliphatic rings. The summed E-state index contributed by atoms with van der Waals surface area (Å²) in [5.41, 5.74) is 5.27. The van der Waals surface area contributed by atoms with Gasteiger partial charge in [-0.1, -0.05) is 13.8 Å². The number of hydrogen-bond donors (Lipinski definition) is 3. The van der Waals surface area contributed by atoms with Crippen LogP contribution in [0, 0.1) is 17.2 Å². The molecule has 0 rings (SSSR count). The molecule has 0 aromatic heterocycles. The van der Waals surface area contributed by atoms with Gasteiger partial charge < -0.3 is 16.4 Å². The summed E-state index contributed by atoms with van der Waals surface area (Å²) in [5.74, 6) is -1.47. The molecule has 0 aliphatic carbocycles. The molecule has 118 valence electrons. The Kier molecular flexibility index (Phi) is 8.77. The van der Waals surface area contributed by atoms with Gasteiger partial charge >= 0.3 is 0 Å². The number of unbranched alkanes of at least 4 members (excludes halogenated alkanes) is 2. The monoisotopic (exact) mass is 296 g/mol. The molecule has 2 atom stereocenters. The summed E-state index contributed by atoms with van der Waals surface area (Å²) < 4.78 is 0. The fraction of sp³-hybridized carbons (Fsp3) is 0.714. The number of carbonyl (C=O) groups excluding carboxylic acids is 3. The standard InChI is InChI=1S/C14H24N4O3/c1-9(2)12(17-10(3)19)14(21)18-11(13(16)20)7-5-4-6-8-15/h9,11-12H,4-7H2,1-3H3,(H2,16,20)(H,17,19)(H,18,21)/t11-,12+/m0/s1. The topological polar surface area (TPSA) is 125 Å². The third-order valence-corrected chi connectivity index (χ3v) is 3.00. The average Bonchev–Trinajstić information content (AvgIpc) is 2.38. The Balaban J connectivity index is 4.60. The largest absolute Gasteiger partial charge is 0.368 e. The molecule has 0 saturated heterocycles. The molecule has 4 N–H and O–H groups in total. The quantitative estimate of drug-likeness (QED) is 0.525. The van der Waals surface area contributed by atoms with Crippen LogP contribution in [0.4, 0.5) is 0 Å². The molecule has 0 aromatic rings. The lowest BCUT2D eigenvalue weighted by molar-refractivity contribution is -0.131. The van der Waals surface area contributed by atoms with E-state index in [0.29, 0.717) is 25.7 Å². The first-order valence-electron chi connectivity index (χ1n) is 7.03. The number of nitriles is 1. The summed E-state index contributed by atoms with van der Waals surface area (Å²) in [6, 6.07) is 0.524. The third-order valence-electron chi connectivity index (χ3n) is 3.00. The van der Waals surface area contributed by atoms with Gasteiger partial charge in [-0.2, -0.15) is 5.26 Å². The normalized spacial score (nSPS) is 13.1. The average molecular weight is 296 g/mol. The Labute approximate surface area is 125 Å². The minimum absolute atomic E-state index is 0.110. The molecule has 7 heteroatoms. The minimum atomic E-state index is -0.786. The van der Waals surface area contributed by atoms with Crippen molar-refractivity contribution in [1.29, 1.82) is 5.26 Å². The van der Waals surface area contributed by atoms with Crippen LogP contribution in [0.1, 0.15) is 46.5 Å². The smallest absolute Gasteiger partial charge is 0.243 e. The van der Waals surface area contributed by atoms with E-state index in [2.05, 4.69) is 10.6 Å². The second-order valence-electron chi connectivity index (χ2n) is 5.29. The van der Waals surface area contributed by atoms with Crippen molar-refractivity contribution >= 4 is 17.7 Å². The van der Waals surface area contributed by atoms with Gasteiger partial charge in [0.2, 0.25) is 17.7 Å². The fourth-order valence-electron chi connectivity index (χ4n) is 1.85. The molecule has 7 nitrogen and oxygen atoms in total. The van der Waals surface area contributed by atoms with E-state index >= 15 is 0 Å². The van der Waals surface area contributed by atoms with E-state index in [1.165, 1.54) is 6.92 Å². The molecule has 0 aromatic carbocycles. The van der Waals surface area contributed by atoms with Gasteiger partial charge in [0.15, 0.2) is 0 Å². The summed E-state index contributed by atoms with van der Waals surface area (Å²) in [6.45, 7) is 4.93. The van der Waals surface area contributed by atoms with Crippen LogP contribution in [0.2, 0.25) is 0 Å². The van der Waals surface area contributed by atoms with Gasteiger partial charge in [-0.05, 0) is 25.2 Å². The molecular weight excluding hydrogens is 272 g/mol. The first-order chi connectivity index (χ1) is 9.79. The van der Waals surface area contributed by atoms with E-state index in [1.807, 2.05) is 6.07 Å². The molecule has 3 amide bonds. The van der Waals surface area contributed by atoms with E-state index < -0.39 is 23.9 Å². The van der Waals surface area contributed by atoms with Crippen molar-refractivity contribution in [1.82, 2.24) is 10.6 Å². The third kappa shape index (κ3) is 7.92. The first kappa shape index (κ1) is 18.9. The van der Waals surface area contributed by atoms with E-state index in [-0.39, 0.29) is 11.8 Å². The highest BCUT2D eigenvalue weighted by molar-refractivity contribution is 5.91. The molecule has 0 bridgehead atoms. The highest BCUT2D eigenvalue weighted by Crippen LogP contribution is 2.06. The van der Waals surface area contributed by atoms with Gasteiger partial charge in [-0.15, -0.1) is 0 Å². The van der Waals surface area contributed by atoms with Crippen LogP contribution in [0.25, 0.3) is 0 Å². The van der Waals surface area contributed by atoms with Crippen molar-refractivity contribution in [3.8, 4) is 6.07 Å². The molecule has 21 heavy (non-hydrogen) atoms. The summed E-state index contributed by atoms with van der Waals surface area (Å²) in [4.78, 5) is 34.6. The second kappa shape index (κ2) is 9.75. The number of nitrogens with one attached hydrogen (secondary N) is 2. The fourth-order valence-corrected chi connectivity index (χ4v) is 1.85. The van der Waals surface area contributed by atoms with E-state index in [9.17, 15) is 14.4 Å². The van der Waals surface area contributed by atoms with E-state index in [1.54, 1.807) is 13.8 Å². The van der Waals surface area contributed by atoms with Gasteiger partial charge in [0.05, 0.1) is 6.07 Å². The maximum atomic E-state index is 12.1. The second-order valence-corrected chi connectivity index (χ2v) is 5.29. The van der Waals surface area contributed by atoms with Crippen molar-refractivity contribution in [2.24, 2.45) is 11.7 Å². The Morgan fingerprint density at radius 3 is 2.24 bits per heavy atom. The van der Waals surface area contributed by atoms with Crippen LogP contribution < -0.4 is 16.4 Å². The van der Waals surface area contributed by atoms with Gasteiger partial charge in [0.1, 0.15) is 12.1 Å². The van der Waals surface area contributed by atoms with Crippen LogP contribution >= 0.6 is 0 Å². The molecule has 0 fully saturated rings. The Hall–Kier alpha value is -2.10. The molecule has 0 aliphatic heterocycles. The number of nitrogens with zero attached hydrogens (tertiary/aromatic N) is 1. The number of nitrogens with two attached hydrogens (primary N) is 1. The van der Waals surface area contributed by atoms with Crippen LogP contribution in [0.5, 0.6) is 0 Å². The first-order valence-corrected chi connectivity index (χ1v) is 7.03. The predicted octanol–water partition coefficient (Wildman–Crippen LogP) is 0.201. The van der Waals surface area contributed by atoms with Crippen molar-refractivity contribution in [3.63, 3.8) is 0 Å². The maximum absolute atomic E-state index is 12.1. The number of primary amides is 1. The molecule has 0 saturated carbocycles. The maximum Gasteiger partial charge on any atom is 0.243 e. The highest BCUT2D eigenvalue weighted by Gasteiger charge is 2.26. The van der Waals surface area contributed by atoms with Gasteiger partial charge in [-0.3, -0.25) is 14.4 Å². The molecule has 0 radical (unpaired) electrons. The van der Waals surface area contributed by atoms with Gasteiger partial charge in [-0.25, -0.2) is 0 Å². The SMILES string of the molecule is CC(=O)N[C@@H](C(=O)N[C@@H](CCCCC#N)C(N)=O)C(C)C. The molecule has 0 unspecified atom stereocenters. The zero-order chi connectivity index (χ0) is 16.4. The summed E-state index contributed by atoms with van der Waals surface area (Å²) in [7, 11) is 0. The lowest BCUT2D eigenvalue weighted by Gasteiger charge is -2.23. The zero-order valence-corrected chi connectivity index (χ0v) is 12.8. The minimum Gasteiger partial charge on any atom is -0.368 e. The summed E-state index contributed by atoms with van der Waals surface area (Å²) in [5, 5.41) is 13.6. The predicted molar refractivity (Wildman–Crippen MR) is 77.6 cm³/mol. The van der Waals surface area contributed by atoms with Crippen molar-refractivity contribution in [2.45, 2.75) is 58.5 Å². The number of amides is 3. The Morgan fingerprint density at radius 1 is 1.19 bits per heavy atom. The van der Waals surface area contributed by atoms with Crippen molar-refractivity contribution < 1.29 is 14.4 Å². The lowest BCUT2D eigenvalue weighted by atomic mass is 10.0. The highest BCUT2D eigenvalue weighted by atomic mass is 16.2. The van der Waals surface area contributed by atoms with Gasteiger partial charge in [0.25, 0.3) is 0 Å². The van der Waals surface area contributed by atoms with Crippen molar-refractivity contribution in [3.05, 3.63) is 0 Å². The Bertz CT molecular complexity index is 415. The molecular formula is C14H24N4O3. The number of carbonyl (C=O) groups is 3. The number of rotatable bonds is 9. The summed E-state index contributed by atoms with van der Waals surface area (Å²) in [6.07, 6.45) is 2.05. The zero-order valence-electron chi connectivity index (χ0n) is 12.8. The van der Waals surface area contributed by atoms with E-state index in [0.717, 1.165) is 0 Å². The molecule has 0 heterocycles. The van der Waals surface area contributed by atoms with Crippen LogP contribution in [-0.2, 0) is 14.4 Å². The van der Waals surface area contributed by atoms with Crippen LogP contribution in [0.3, 0.4) is 0 Å². The number of hydrogen-bond acceptors (Lipinski definition) is 4. The van der Waals surface area contributed by atoms with Crippen LogP contribution in [0.15, 0.2) is 0 Å². The van der Waals surface area contributed by atoms with Crippen molar-refractivity contribution in [2.75, 3.05) is 0 Å².